The summed E-state index contributed by atoms with van der Waals surface area (Å²) in [5.41, 5.74) is 3.03. The quantitative estimate of drug-likeness (QED) is 0.490. The van der Waals surface area contributed by atoms with Crippen LogP contribution in [0.15, 0.2) is 63.8 Å². The van der Waals surface area contributed by atoms with Gasteiger partial charge < -0.3 is 14.2 Å². The molecule has 3 aromatic rings. The molecule has 1 fully saturated rings. The number of carbonyl (C=O) groups excluding carboxylic acids is 1. The first kappa shape index (κ1) is 23.8. The second-order valence-corrected chi connectivity index (χ2v) is 10.4. The van der Waals surface area contributed by atoms with Crippen LogP contribution in [-0.4, -0.2) is 73.5 Å². The predicted molar refractivity (Wildman–Crippen MR) is 139 cm³/mol. The van der Waals surface area contributed by atoms with Crippen molar-refractivity contribution in [2.24, 2.45) is 5.92 Å². The van der Waals surface area contributed by atoms with Crippen molar-refractivity contribution >= 4 is 16.9 Å². The van der Waals surface area contributed by atoms with Crippen molar-refractivity contribution in [2.45, 2.75) is 31.7 Å². The lowest BCUT2D eigenvalue weighted by atomic mass is 9.95. The van der Waals surface area contributed by atoms with Gasteiger partial charge in [0, 0.05) is 37.6 Å². The van der Waals surface area contributed by atoms with Gasteiger partial charge in [-0.1, -0.05) is 42.5 Å². The molecule has 2 aromatic carbocycles. The second kappa shape index (κ2) is 10.3. The van der Waals surface area contributed by atoms with Crippen LogP contribution in [0.5, 0.6) is 0 Å². The summed E-state index contributed by atoms with van der Waals surface area (Å²) in [6.45, 7) is 4.11. The third kappa shape index (κ3) is 5.34. The monoisotopic (exact) mass is 473 g/mol. The van der Waals surface area contributed by atoms with Crippen molar-refractivity contribution in [1.82, 2.24) is 14.7 Å². The molecule has 184 valence electrons. The van der Waals surface area contributed by atoms with E-state index in [-0.39, 0.29) is 11.5 Å². The van der Waals surface area contributed by atoms with E-state index in [9.17, 15) is 9.59 Å². The summed E-state index contributed by atoms with van der Waals surface area (Å²) in [5, 5.41) is 0.771. The highest BCUT2D eigenvalue weighted by Gasteiger charge is 2.32. The van der Waals surface area contributed by atoms with E-state index in [1.54, 1.807) is 12.1 Å². The molecule has 0 spiro atoms. The Morgan fingerprint density at radius 2 is 1.74 bits per heavy atom. The molecule has 6 nitrogen and oxygen atoms in total. The number of piperidine rings is 1. The molecule has 1 atom stereocenters. The third-order valence-electron chi connectivity index (χ3n) is 7.55. The molecule has 1 amide bonds. The molecule has 6 heteroatoms. The Morgan fingerprint density at radius 1 is 1.03 bits per heavy atom. The van der Waals surface area contributed by atoms with Crippen LogP contribution in [0.3, 0.4) is 0 Å². The average Bonchev–Trinajstić information content (AvgIpc) is 3.30. The molecular weight excluding hydrogens is 438 g/mol. The summed E-state index contributed by atoms with van der Waals surface area (Å²) in [7, 11) is 4.01. The van der Waals surface area contributed by atoms with Crippen molar-refractivity contribution in [3.05, 3.63) is 81.7 Å². The first-order chi connectivity index (χ1) is 17.0. The van der Waals surface area contributed by atoms with Gasteiger partial charge in [-0.2, -0.15) is 0 Å². The van der Waals surface area contributed by atoms with Crippen LogP contribution in [0, 0.1) is 5.92 Å². The van der Waals surface area contributed by atoms with Crippen LogP contribution < -0.4 is 5.63 Å². The summed E-state index contributed by atoms with van der Waals surface area (Å²) in [4.78, 5) is 32.9. The number of likely N-dealkylation sites (N-methyl/N-ethyl adjacent to an activating group) is 1. The fraction of sp³-hybridized carbons (Fsp3) is 0.448. The van der Waals surface area contributed by atoms with Gasteiger partial charge in [0.15, 0.2) is 0 Å². The van der Waals surface area contributed by atoms with Gasteiger partial charge in [-0.15, -0.1) is 0 Å². The molecule has 1 unspecified atom stereocenters. The van der Waals surface area contributed by atoms with E-state index in [0.29, 0.717) is 30.6 Å². The van der Waals surface area contributed by atoms with E-state index in [0.717, 1.165) is 50.7 Å². The summed E-state index contributed by atoms with van der Waals surface area (Å²) in [5.74, 6) is 0.169. The summed E-state index contributed by atoms with van der Waals surface area (Å²) in [6, 6.07) is 18.4. The predicted octanol–water partition coefficient (Wildman–Crippen LogP) is 3.68. The minimum absolute atomic E-state index is 0.126. The molecule has 1 saturated heterocycles. The van der Waals surface area contributed by atoms with Crippen molar-refractivity contribution in [1.29, 1.82) is 0 Å². The smallest absolute Gasteiger partial charge is 0.349 e. The van der Waals surface area contributed by atoms with Crippen molar-refractivity contribution < 1.29 is 9.21 Å². The number of nitrogens with zero attached hydrogens (tertiary/aromatic N) is 3. The Labute approximate surface area is 207 Å². The molecule has 1 aliphatic heterocycles. The number of rotatable bonds is 7. The Hall–Kier alpha value is -2.96. The van der Waals surface area contributed by atoms with Gasteiger partial charge in [-0.3, -0.25) is 9.69 Å². The zero-order chi connectivity index (χ0) is 24.4. The van der Waals surface area contributed by atoms with Gasteiger partial charge in [0.1, 0.15) is 11.1 Å². The zero-order valence-corrected chi connectivity index (χ0v) is 20.8. The molecule has 1 aliphatic carbocycles. The standard InChI is InChI=1S/C29H35N3O3/c1-30(2)14-15-32(28(33)26-18-24-11-5-6-12-27(24)35-29(26)34)20-21-8-7-13-31(19-21)25-16-22-9-3-4-10-23(22)17-25/h3-6,9-12,18,21,25H,7-8,13-17,19-20H2,1-2H3. The number of fused-ring (bicyclic) bond motifs is 2. The van der Waals surface area contributed by atoms with Crippen molar-refractivity contribution in [3.63, 3.8) is 0 Å². The largest absolute Gasteiger partial charge is 0.422 e. The minimum atomic E-state index is -0.558. The van der Waals surface area contributed by atoms with Crippen LogP contribution in [0.1, 0.15) is 34.3 Å². The van der Waals surface area contributed by atoms with Crippen LogP contribution in [0.2, 0.25) is 0 Å². The highest BCUT2D eigenvalue weighted by molar-refractivity contribution is 5.96. The Balaban J connectivity index is 1.31. The van der Waals surface area contributed by atoms with E-state index in [2.05, 4.69) is 34.1 Å². The highest BCUT2D eigenvalue weighted by Crippen LogP contribution is 2.29. The van der Waals surface area contributed by atoms with E-state index in [1.165, 1.54) is 11.1 Å². The Morgan fingerprint density at radius 3 is 2.49 bits per heavy atom. The third-order valence-corrected chi connectivity index (χ3v) is 7.55. The maximum absolute atomic E-state index is 13.6. The lowest BCUT2D eigenvalue weighted by Crippen LogP contribution is -2.48. The van der Waals surface area contributed by atoms with Gasteiger partial charge in [-0.05, 0) is 75.5 Å². The molecule has 2 aliphatic rings. The molecular formula is C29H35N3O3. The summed E-state index contributed by atoms with van der Waals surface area (Å²) in [6.07, 6.45) is 4.48. The number of amides is 1. The first-order valence-electron chi connectivity index (χ1n) is 12.8. The second-order valence-electron chi connectivity index (χ2n) is 10.4. The maximum atomic E-state index is 13.6. The molecule has 1 aromatic heterocycles. The summed E-state index contributed by atoms with van der Waals surface area (Å²) >= 11 is 0. The van der Waals surface area contributed by atoms with Crippen LogP contribution in [-0.2, 0) is 12.8 Å². The average molecular weight is 474 g/mol. The Kier molecular flexibility index (Phi) is 7.02. The van der Waals surface area contributed by atoms with Gasteiger partial charge in [-0.25, -0.2) is 4.79 Å². The van der Waals surface area contributed by atoms with Crippen LogP contribution >= 0.6 is 0 Å². The first-order valence-corrected chi connectivity index (χ1v) is 12.8. The normalized spacial score (nSPS) is 18.8. The molecule has 0 saturated carbocycles. The molecule has 0 N–H and O–H groups in total. The van der Waals surface area contributed by atoms with Crippen molar-refractivity contribution in [3.8, 4) is 0 Å². The minimum Gasteiger partial charge on any atom is -0.422 e. The molecule has 2 heterocycles. The number of hydrogen-bond donors (Lipinski definition) is 0. The SMILES string of the molecule is CN(C)CCN(CC1CCCN(C2Cc3ccccc3C2)C1)C(=O)c1cc2ccccc2oc1=O. The van der Waals surface area contributed by atoms with E-state index in [4.69, 9.17) is 4.42 Å². The lowest BCUT2D eigenvalue weighted by molar-refractivity contribution is 0.0626. The number of hydrogen-bond acceptors (Lipinski definition) is 5. The zero-order valence-electron chi connectivity index (χ0n) is 20.8. The summed E-state index contributed by atoms with van der Waals surface area (Å²) < 4.78 is 5.47. The number of likely N-dealkylation sites (tertiary alicyclic amines) is 1. The Bertz CT molecular complexity index is 1230. The number of carbonyl (C=O) groups is 1. The van der Waals surface area contributed by atoms with Gasteiger partial charge in [0.05, 0.1) is 0 Å². The van der Waals surface area contributed by atoms with Crippen LogP contribution in [0.25, 0.3) is 11.0 Å². The van der Waals surface area contributed by atoms with Gasteiger partial charge >= 0.3 is 5.63 Å². The molecule has 5 rings (SSSR count). The van der Waals surface area contributed by atoms with Gasteiger partial charge in [0.25, 0.3) is 5.91 Å². The van der Waals surface area contributed by atoms with Crippen LogP contribution in [0.4, 0.5) is 0 Å². The topological polar surface area (TPSA) is 57.0 Å². The van der Waals surface area contributed by atoms with Gasteiger partial charge in [0.2, 0.25) is 0 Å². The molecule has 0 radical (unpaired) electrons. The number of benzene rings is 2. The van der Waals surface area contributed by atoms with Crippen molar-refractivity contribution in [2.75, 3.05) is 46.8 Å². The highest BCUT2D eigenvalue weighted by atomic mass is 16.4. The lowest BCUT2D eigenvalue weighted by Gasteiger charge is -2.39. The van der Waals surface area contributed by atoms with E-state index >= 15 is 0 Å². The van der Waals surface area contributed by atoms with E-state index < -0.39 is 5.63 Å². The van der Waals surface area contributed by atoms with E-state index in [1.807, 2.05) is 37.2 Å². The molecule has 35 heavy (non-hydrogen) atoms. The fourth-order valence-electron chi connectivity index (χ4n) is 5.66. The maximum Gasteiger partial charge on any atom is 0.349 e. The number of para-hydroxylation sites is 1. The fourth-order valence-corrected chi connectivity index (χ4v) is 5.66. The molecule has 0 bridgehead atoms.